The Morgan fingerprint density at radius 2 is 1.60 bits per heavy atom. The van der Waals surface area contributed by atoms with Crippen LogP contribution in [0.3, 0.4) is 0 Å². The summed E-state index contributed by atoms with van der Waals surface area (Å²) >= 11 is 0. The number of hydrogen-bond donors (Lipinski definition) is 2. The second-order valence-corrected chi connectivity index (χ2v) is 7.89. The summed E-state index contributed by atoms with van der Waals surface area (Å²) in [6.45, 7) is 2.45. The van der Waals surface area contributed by atoms with Crippen LogP contribution in [0, 0.1) is 17.3 Å². The predicted octanol–water partition coefficient (Wildman–Crippen LogP) is 3.59. The highest BCUT2D eigenvalue weighted by Crippen LogP contribution is 2.62. The van der Waals surface area contributed by atoms with Gasteiger partial charge in [-0.25, -0.2) is 0 Å². The number of anilines is 2. The predicted molar refractivity (Wildman–Crippen MR) is 81.4 cm³/mol. The Morgan fingerprint density at radius 3 is 2.15 bits per heavy atom. The van der Waals surface area contributed by atoms with Gasteiger partial charge >= 0.3 is 0 Å². The summed E-state index contributed by atoms with van der Waals surface area (Å²) in [5, 5.41) is 0. The first-order valence-electron chi connectivity index (χ1n) is 7.79. The molecule has 4 saturated carbocycles. The molecule has 0 saturated heterocycles. The Bertz CT molecular complexity index is 520. The van der Waals surface area contributed by atoms with Gasteiger partial charge in [-0.05, 0) is 61.8 Å². The Kier molecular flexibility index (Phi) is 2.37. The first-order chi connectivity index (χ1) is 9.44. The van der Waals surface area contributed by atoms with Crippen molar-refractivity contribution in [2.45, 2.75) is 51.0 Å². The van der Waals surface area contributed by atoms with Crippen LogP contribution in [0.2, 0.25) is 0 Å². The third-order valence-corrected chi connectivity index (χ3v) is 5.59. The SMILES string of the molecule is CC12CC3CC(C1)CC(Oc1cc(N)cc(N)c1)(C3)C2. The molecule has 4 aliphatic carbocycles. The molecular weight excluding hydrogens is 248 g/mol. The van der Waals surface area contributed by atoms with Crippen molar-refractivity contribution in [2.75, 3.05) is 11.5 Å². The van der Waals surface area contributed by atoms with Crippen molar-refractivity contribution in [3.8, 4) is 5.75 Å². The van der Waals surface area contributed by atoms with Crippen molar-refractivity contribution in [2.24, 2.45) is 17.3 Å². The van der Waals surface area contributed by atoms with Gasteiger partial charge in [0.05, 0.1) is 0 Å². The van der Waals surface area contributed by atoms with Crippen molar-refractivity contribution >= 4 is 11.4 Å². The third-order valence-electron chi connectivity index (χ3n) is 5.59. The molecule has 4 N–H and O–H groups in total. The highest BCUT2D eigenvalue weighted by molar-refractivity contribution is 5.56. The molecule has 0 aliphatic heterocycles. The smallest absolute Gasteiger partial charge is 0.124 e. The third kappa shape index (κ3) is 1.95. The first kappa shape index (κ1) is 12.4. The van der Waals surface area contributed by atoms with Gasteiger partial charge in [0, 0.05) is 23.5 Å². The molecule has 0 heterocycles. The van der Waals surface area contributed by atoms with Crippen LogP contribution in [0.25, 0.3) is 0 Å². The number of ether oxygens (including phenoxy) is 1. The van der Waals surface area contributed by atoms with Crippen LogP contribution >= 0.6 is 0 Å². The van der Waals surface area contributed by atoms with E-state index in [9.17, 15) is 0 Å². The van der Waals surface area contributed by atoms with Gasteiger partial charge in [0.15, 0.2) is 0 Å². The van der Waals surface area contributed by atoms with Crippen LogP contribution in [-0.2, 0) is 0 Å². The summed E-state index contributed by atoms with van der Waals surface area (Å²) in [4.78, 5) is 0. The second-order valence-electron chi connectivity index (χ2n) is 7.89. The van der Waals surface area contributed by atoms with Gasteiger partial charge in [-0.3, -0.25) is 0 Å². The van der Waals surface area contributed by atoms with E-state index in [2.05, 4.69) is 6.92 Å². The fourth-order valence-electron chi connectivity index (χ4n) is 5.70. The molecule has 3 heteroatoms. The van der Waals surface area contributed by atoms with Crippen molar-refractivity contribution in [1.29, 1.82) is 0 Å². The molecule has 3 nitrogen and oxygen atoms in total. The molecule has 0 aromatic heterocycles. The van der Waals surface area contributed by atoms with Crippen LogP contribution in [-0.4, -0.2) is 5.60 Å². The number of nitrogen functional groups attached to an aromatic ring is 2. The van der Waals surface area contributed by atoms with Crippen molar-refractivity contribution < 1.29 is 4.74 Å². The van der Waals surface area contributed by atoms with Gasteiger partial charge < -0.3 is 16.2 Å². The summed E-state index contributed by atoms with van der Waals surface area (Å²) in [5.41, 5.74) is 13.7. The van der Waals surface area contributed by atoms with Crippen LogP contribution in [0.4, 0.5) is 11.4 Å². The normalized spacial score (nSPS) is 41.9. The van der Waals surface area contributed by atoms with Gasteiger partial charge in [0.1, 0.15) is 11.4 Å². The number of nitrogens with two attached hydrogens (primary N) is 2. The topological polar surface area (TPSA) is 61.3 Å². The van der Waals surface area contributed by atoms with Gasteiger partial charge in [0.2, 0.25) is 0 Å². The molecule has 0 spiro atoms. The Hall–Kier alpha value is -1.38. The van der Waals surface area contributed by atoms with Crippen molar-refractivity contribution in [1.82, 2.24) is 0 Å². The molecule has 1 aromatic rings. The molecule has 5 rings (SSSR count). The Morgan fingerprint density at radius 1 is 1.00 bits per heavy atom. The summed E-state index contributed by atoms with van der Waals surface area (Å²) < 4.78 is 6.48. The molecule has 1 aromatic carbocycles. The average Bonchev–Trinajstić information content (AvgIpc) is 2.21. The molecule has 0 radical (unpaired) electrons. The van der Waals surface area contributed by atoms with E-state index < -0.39 is 0 Å². The lowest BCUT2D eigenvalue weighted by atomic mass is 9.48. The van der Waals surface area contributed by atoms with Gasteiger partial charge in [-0.1, -0.05) is 6.92 Å². The highest BCUT2D eigenvalue weighted by atomic mass is 16.5. The van der Waals surface area contributed by atoms with E-state index in [1.807, 2.05) is 12.1 Å². The van der Waals surface area contributed by atoms with E-state index in [-0.39, 0.29) is 5.60 Å². The molecule has 4 aliphatic rings. The largest absolute Gasteiger partial charge is 0.487 e. The summed E-state index contributed by atoms with van der Waals surface area (Å²) in [7, 11) is 0. The zero-order valence-corrected chi connectivity index (χ0v) is 12.2. The molecule has 4 bridgehead atoms. The highest BCUT2D eigenvalue weighted by Gasteiger charge is 2.57. The lowest BCUT2D eigenvalue weighted by Crippen LogP contribution is -2.57. The molecular formula is C17H24N2O. The zero-order chi connectivity index (χ0) is 14.0. The van der Waals surface area contributed by atoms with Crippen molar-refractivity contribution in [3.05, 3.63) is 18.2 Å². The van der Waals surface area contributed by atoms with Crippen molar-refractivity contribution in [3.63, 3.8) is 0 Å². The zero-order valence-electron chi connectivity index (χ0n) is 12.2. The fraction of sp³-hybridized carbons (Fsp3) is 0.647. The quantitative estimate of drug-likeness (QED) is 0.809. The Balaban J connectivity index is 1.64. The fourth-order valence-corrected chi connectivity index (χ4v) is 5.70. The summed E-state index contributed by atoms with van der Waals surface area (Å²) in [6, 6.07) is 5.61. The Labute approximate surface area is 120 Å². The maximum atomic E-state index is 6.48. The maximum Gasteiger partial charge on any atom is 0.124 e. The molecule has 0 amide bonds. The summed E-state index contributed by atoms with van der Waals surface area (Å²) in [6.07, 6.45) is 7.84. The lowest BCUT2D eigenvalue weighted by Gasteiger charge is -2.60. The van der Waals surface area contributed by atoms with Gasteiger partial charge in [-0.2, -0.15) is 0 Å². The maximum absolute atomic E-state index is 6.48. The molecule has 2 unspecified atom stereocenters. The number of hydrogen-bond acceptors (Lipinski definition) is 3. The van der Waals surface area contributed by atoms with E-state index in [4.69, 9.17) is 16.2 Å². The first-order valence-corrected chi connectivity index (χ1v) is 7.79. The number of rotatable bonds is 2. The molecule has 2 atom stereocenters. The second kappa shape index (κ2) is 3.84. The minimum atomic E-state index is 0.0407. The standard InChI is InChI=1S/C17H24N2O/c1-16-6-11-2-12(7-16)9-17(8-11,10-16)20-15-4-13(18)3-14(19)5-15/h3-5,11-12H,2,6-10,18-19H2,1H3. The van der Waals surface area contributed by atoms with Crippen LogP contribution in [0.15, 0.2) is 18.2 Å². The lowest BCUT2D eigenvalue weighted by molar-refractivity contribution is -0.143. The van der Waals surface area contributed by atoms with E-state index in [0.717, 1.165) is 17.6 Å². The van der Waals surface area contributed by atoms with Crippen LogP contribution in [0.1, 0.15) is 45.4 Å². The number of benzene rings is 1. The van der Waals surface area contributed by atoms with E-state index >= 15 is 0 Å². The molecule has 108 valence electrons. The minimum absolute atomic E-state index is 0.0407. The van der Waals surface area contributed by atoms with E-state index in [1.54, 1.807) is 6.07 Å². The van der Waals surface area contributed by atoms with Gasteiger partial charge in [0.25, 0.3) is 0 Å². The monoisotopic (exact) mass is 272 g/mol. The molecule has 4 fully saturated rings. The van der Waals surface area contributed by atoms with E-state index in [1.165, 1.54) is 38.5 Å². The minimum Gasteiger partial charge on any atom is -0.487 e. The van der Waals surface area contributed by atoms with Crippen LogP contribution in [0.5, 0.6) is 5.75 Å². The summed E-state index contributed by atoms with van der Waals surface area (Å²) in [5.74, 6) is 2.58. The van der Waals surface area contributed by atoms with Crippen LogP contribution < -0.4 is 16.2 Å². The van der Waals surface area contributed by atoms with Gasteiger partial charge in [-0.15, -0.1) is 0 Å². The average molecular weight is 272 g/mol. The molecule has 20 heavy (non-hydrogen) atoms. The van der Waals surface area contributed by atoms with E-state index in [0.29, 0.717) is 16.8 Å².